The second-order valence-corrected chi connectivity index (χ2v) is 4.17. The van der Waals surface area contributed by atoms with Gasteiger partial charge in [0.25, 0.3) is 0 Å². The molecule has 0 spiro atoms. The third kappa shape index (κ3) is 3.01. The van der Waals surface area contributed by atoms with Crippen LogP contribution in [0.5, 0.6) is 5.75 Å². The summed E-state index contributed by atoms with van der Waals surface area (Å²) in [4.78, 5) is 0. The zero-order valence-electron chi connectivity index (χ0n) is 10.9. The first kappa shape index (κ1) is 12.9. The number of anilines is 2. The van der Waals surface area contributed by atoms with Crippen LogP contribution in [-0.2, 0) is 0 Å². The van der Waals surface area contributed by atoms with Crippen LogP contribution in [0.25, 0.3) is 0 Å². The maximum absolute atomic E-state index is 5.81. The second-order valence-electron chi connectivity index (χ2n) is 4.17. The van der Waals surface area contributed by atoms with Crippen molar-refractivity contribution in [3.63, 3.8) is 0 Å². The summed E-state index contributed by atoms with van der Waals surface area (Å²) in [6.45, 7) is 1.92. The van der Waals surface area contributed by atoms with E-state index in [4.69, 9.17) is 16.2 Å². The Hall–Kier alpha value is -2.56. The molecule has 2 aromatic rings. The first-order valence-corrected chi connectivity index (χ1v) is 5.81. The van der Waals surface area contributed by atoms with Crippen molar-refractivity contribution in [2.24, 2.45) is 10.2 Å². The van der Waals surface area contributed by atoms with E-state index in [0.29, 0.717) is 17.1 Å². The summed E-state index contributed by atoms with van der Waals surface area (Å²) in [5.74, 6) is 0.594. The molecule has 5 heteroatoms. The van der Waals surface area contributed by atoms with Crippen LogP contribution in [0.15, 0.2) is 46.6 Å². The summed E-state index contributed by atoms with van der Waals surface area (Å²) >= 11 is 0. The highest BCUT2D eigenvalue weighted by Gasteiger charge is 2.04. The number of benzene rings is 2. The lowest BCUT2D eigenvalue weighted by molar-refractivity contribution is 0.417. The van der Waals surface area contributed by atoms with Crippen molar-refractivity contribution < 1.29 is 4.74 Å². The molecule has 19 heavy (non-hydrogen) atoms. The maximum atomic E-state index is 5.81. The Morgan fingerprint density at radius 1 is 1.00 bits per heavy atom. The van der Waals surface area contributed by atoms with Crippen LogP contribution in [0.1, 0.15) is 5.56 Å². The number of rotatable bonds is 3. The normalized spacial score (nSPS) is 10.8. The van der Waals surface area contributed by atoms with E-state index < -0.39 is 0 Å². The van der Waals surface area contributed by atoms with Gasteiger partial charge in [-0.1, -0.05) is 0 Å². The van der Waals surface area contributed by atoms with E-state index in [1.807, 2.05) is 25.1 Å². The van der Waals surface area contributed by atoms with E-state index in [-0.39, 0.29) is 0 Å². The molecule has 0 saturated carbocycles. The zero-order chi connectivity index (χ0) is 13.8. The van der Waals surface area contributed by atoms with Crippen LogP contribution >= 0.6 is 0 Å². The predicted molar refractivity (Wildman–Crippen MR) is 77.2 cm³/mol. The van der Waals surface area contributed by atoms with E-state index in [1.54, 1.807) is 25.3 Å². The van der Waals surface area contributed by atoms with Crippen LogP contribution in [0, 0.1) is 6.92 Å². The molecule has 0 fully saturated rings. The number of ether oxygens (including phenoxy) is 1. The summed E-state index contributed by atoms with van der Waals surface area (Å²) in [6, 6.07) is 10.8. The fourth-order valence-corrected chi connectivity index (χ4v) is 1.64. The van der Waals surface area contributed by atoms with Gasteiger partial charge in [-0.05, 0) is 42.8 Å². The van der Waals surface area contributed by atoms with Crippen LogP contribution in [0.3, 0.4) is 0 Å². The highest BCUT2D eigenvalue weighted by Crippen LogP contribution is 2.31. The van der Waals surface area contributed by atoms with Crippen LogP contribution < -0.4 is 16.2 Å². The van der Waals surface area contributed by atoms with Crippen molar-refractivity contribution in [1.82, 2.24) is 0 Å². The number of hydrogen-bond donors (Lipinski definition) is 2. The highest BCUT2D eigenvalue weighted by molar-refractivity contribution is 5.63. The molecule has 0 amide bonds. The number of hydrogen-bond acceptors (Lipinski definition) is 5. The van der Waals surface area contributed by atoms with E-state index in [1.165, 1.54) is 0 Å². The molecule has 0 bridgehead atoms. The van der Waals surface area contributed by atoms with E-state index in [2.05, 4.69) is 10.2 Å². The van der Waals surface area contributed by atoms with Gasteiger partial charge in [0.2, 0.25) is 0 Å². The van der Waals surface area contributed by atoms with Gasteiger partial charge in [0, 0.05) is 11.8 Å². The Labute approximate surface area is 111 Å². The van der Waals surface area contributed by atoms with Gasteiger partial charge in [-0.3, -0.25) is 0 Å². The lowest BCUT2D eigenvalue weighted by Gasteiger charge is -2.07. The SMILES string of the molecule is COc1cc(N=Nc2ccc(N)cc2)c(C)cc1N. The number of nitrogens with two attached hydrogens (primary N) is 2. The topological polar surface area (TPSA) is 86.0 Å². The Morgan fingerprint density at radius 2 is 1.68 bits per heavy atom. The quantitative estimate of drug-likeness (QED) is 0.650. The summed E-state index contributed by atoms with van der Waals surface area (Å²) in [5.41, 5.74) is 15.1. The number of azo groups is 1. The number of aryl methyl sites for hydroxylation is 1. The average molecular weight is 256 g/mol. The van der Waals surface area contributed by atoms with Gasteiger partial charge >= 0.3 is 0 Å². The molecular weight excluding hydrogens is 240 g/mol. The fourth-order valence-electron chi connectivity index (χ4n) is 1.64. The third-order valence-corrected chi connectivity index (χ3v) is 2.71. The van der Waals surface area contributed by atoms with Gasteiger partial charge in [0.05, 0.1) is 24.2 Å². The van der Waals surface area contributed by atoms with Crippen molar-refractivity contribution in [2.75, 3.05) is 18.6 Å². The molecule has 4 N–H and O–H groups in total. The first-order chi connectivity index (χ1) is 9.10. The third-order valence-electron chi connectivity index (χ3n) is 2.71. The van der Waals surface area contributed by atoms with Gasteiger partial charge in [-0.15, -0.1) is 0 Å². The van der Waals surface area contributed by atoms with Gasteiger partial charge in [-0.2, -0.15) is 10.2 Å². The monoisotopic (exact) mass is 256 g/mol. The van der Waals surface area contributed by atoms with Gasteiger partial charge in [0.1, 0.15) is 5.75 Å². The van der Waals surface area contributed by atoms with Gasteiger partial charge in [-0.25, -0.2) is 0 Å². The van der Waals surface area contributed by atoms with E-state index in [9.17, 15) is 0 Å². The molecule has 0 atom stereocenters. The predicted octanol–water partition coefficient (Wildman–Crippen LogP) is 3.58. The highest BCUT2D eigenvalue weighted by atomic mass is 16.5. The molecular formula is C14H16N4O. The van der Waals surface area contributed by atoms with Crippen LogP contribution in [-0.4, -0.2) is 7.11 Å². The summed E-state index contributed by atoms with van der Waals surface area (Å²) in [7, 11) is 1.57. The molecule has 0 unspecified atom stereocenters. The zero-order valence-corrected chi connectivity index (χ0v) is 10.9. The smallest absolute Gasteiger partial charge is 0.143 e. The van der Waals surface area contributed by atoms with E-state index >= 15 is 0 Å². The minimum atomic E-state index is 0.589. The van der Waals surface area contributed by atoms with Crippen molar-refractivity contribution >= 4 is 22.7 Å². The largest absolute Gasteiger partial charge is 0.495 e. The summed E-state index contributed by atoms with van der Waals surface area (Å²) in [5, 5.41) is 8.36. The molecule has 0 saturated heterocycles. The van der Waals surface area contributed by atoms with Crippen molar-refractivity contribution in [2.45, 2.75) is 6.92 Å². The molecule has 2 aromatic carbocycles. The Bertz CT molecular complexity index is 606. The molecule has 98 valence electrons. The Balaban J connectivity index is 2.30. The molecule has 0 aliphatic rings. The first-order valence-electron chi connectivity index (χ1n) is 5.81. The maximum Gasteiger partial charge on any atom is 0.143 e. The average Bonchev–Trinajstić information content (AvgIpc) is 2.40. The Kier molecular flexibility index (Phi) is 3.66. The van der Waals surface area contributed by atoms with E-state index in [0.717, 1.165) is 16.9 Å². The molecule has 5 nitrogen and oxygen atoms in total. The minimum absolute atomic E-state index is 0.589. The second kappa shape index (κ2) is 5.39. The van der Waals surface area contributed by atoms with Crippen molar-refractivity contribution in [3.05, 3.63) is 42.0 Å². The van der Waals surface area contributed by atoms with Crippen molar-refractivity contribution in [3.8, 4) is 5.75 Å². The fraction of sp³-hybridized carbons (Fsp3) is 0.143. The van der Waals surface area contributed by atoms with Gasteiger partial charge in [0.15, 0.2) is 0 Å². The summed E-state index contributed by atoms with van der Waals surface area (Å²) in [6.07, 6.45) is 0. The standard InChI is InChI=1S/C14H16N4O/c1-9-7-12(16)14(19-2)8-13(9)18-17-11-5-3-10(15)4-6-11/h3-8H,15-16H2,1-2H3. The van der Waals surface area contributed by atoms with Crippen LogP contribution in [0.2, 0.25) is 0 Å². The minimum Gasteiger partial charge on any atom is -0.495 e. The number of nitrogen functional groups attached to an aromatic ring is 2. The van der Waals surface area contributed by atoms with Crippen molar-refractivity contribution in [1.29, 1.82) is 0 Å². The number of methoxy groups -OCH3 is 1. The Morgan fingerprint density at radius 3 is 2.32 bits per heavy atom. The number of nitrogens with zero attached hydrogens (tertiary/aromatic N) is 2. The molecule has 0 aliphatic carbocycles. The molecule has 0 aromatic heterocycles. The summed E-state index contributed by atoms with van der Waals surface area (Å²) < 4.78 is 5.17. The molecule has 2 rings (SSSR count). The molecule has 0 aliphatic heterocycles. The molecule has 0 heterocycles. The lowest BCUT2D eigenvalue weighted by atomic mass is 10.1. The van der Waals surface area contributed by atoms with Crippen LogP contribution in [0.4, 0.5) is 22.7 Å². The molecule has 0 radical (unpaired) electrons. The lowest BCUT2D eigenvalue weighted by Crippen LogP contribution is -1.92. The van der Waals surface area contributed by atoms with Gasteiger partial charge < -0.3 is 16.2 Å².